The maximum atomic E-state index is 8.70. The first kappa shape index (κ1) is 15.9. The molecule has 0 aliphatic carbocycles. The first-order valence-electron chi connectivity index (χ1n) is 0.730. The summed E-state index contributed by atoms with van der Waals surface area (Å²) in [5.74, 6) is 0. The van der Waals surface area contributed by atoms with Gasteiger partial charge in [-0.05, 0) is 0 Å². The van der Waals surface area contributed by atoms with Crippen LogP contribution in [0.5, 0.6) is 0 Å². The van der Waals surface area contributed by atoms with Gasteiger partial charge in [0.15, 0.2) is 0 Å². The van der Waals surface area contributed by atoms with Gasteiger partial charge in [-0.3, -0.25) is 0 Å². The van der Waals surface area contributed by atoms with E-state index in [9.17, 15) is 0 Å². The van der Waals surface area contributed by atoms with Crippen LogP contribution >= 0.6 is 0 Å². The van der Waals surface area contributed by atoms with Crippen LogP contribution in [-0.4, -0.2) is 87.9 Å². The molecule has 0 radical (unpaired) electrons. The molecule has 0 saturated heterocycles. The van der Waals surface area contributed by atoms with E-state index in [0.717, 1.165) is 0 Å². The molecule has 5 nitrogen and oxygen atoms in total. The molecule has 0 aliphatic heterocycles. The molecule has 0 saturated carbocycles. The first-order valence-corrected chi connectivity index (χ1v) is 0.730. The van der Waals surface area contributed by atoms with Crippen LogP contribution in [-0.2, 0) is 4.99 Å². The van der Waals surface area contributed by atoms with Crippen LogP contribution in [0.2, 0.25) is 0 Å². The molecule has 0 aromatic heterocycles. The van der Waals surface area contributed by atoms with Gasteiger partial charge in [0.05, 0.1) is 0 Å². The molecule has 0 rings (SSSR count). The van der Waals surface area contributed by atoms with Crippen LogP contribution in [0.15, 0.2) is 0 Å². The molecule has 0 aliphatic rings. The minimum atomic E-state index is -1.32. The third-order valence-corrected chi connectivity index (χ3v) is 0.0667. The zero-order valence-electron chi connectivity index (χ0n) is 2.83. The zero-order chi connectivity index (χ0) is 4.28. The van der Waals surface area contributed by atoms with Crippen molar-refractivity contribution < 1.29 is 15.3 Å². The Morgan fingerprint density at radius 2 is 1.86 bits per heavy atom. The molecule has 0 fully saturated rings. The van der Waals surface area contributed by atoms with E-state index in [0.29, 0.717) is 0 Å². The molecule has 0 bridgehead atoms. The Morgan fingerprint density at radius 1 is 1.71 bits per heavy atom. The zero-order valence-corrected chi connectivity index (χ0v) is 8.32. The monoisotopic (exact) mass is 331 g/mol. The molecule has 7 heavy (non-hydrogen) atoms. The molecule has 0 unspecified atom stereocenters. The topological polar surface area (TPSA) is 72.6 Å². The Bertz CT molecular complexity index is 47.0. The Morgan fingerprint density at radius 3 is 1.86 bits per heavy atom. The van der Waals surface area contributed by atoms with E-state index in [1.165, 1.54) is 0 Å². The van der Waals surface area contributed by atoms with Crippen molar-refractivity contribution in [1.29, 1.82) is 0 Å². The van der Waals surface area contributed by atoms with Gasteiger partial charge in [-0.2, -0.15) is 0 Å². The van der Waals surface area contributed by atoms with E-state index in [2.05, 4.69) is 4.99 Å². The van der Waals surface area contributed by atoms with E-state index in [1.54, 1.807) is 0 Å². The van der Waals surface area contributed by atoms with Crippen LogP contribution in [0.3, 0.4) is 0 Å². The molecule has 0 spiro atoms. The SMILES string of the molecule is O=[N+]([O-])OO.[BiH3].[KH]. The van der Waals surface area contributed by atoms with Gasteiger partial charge in [0.1, 0.15) is 0 Å². The second-order valence-electron chi connectivity index (χ2n) is 0.305. The Balaban J connectivity index is -0.0000000800. The van der Waals surface area contributed by atoms with Crippen LogP contribution in [0, 0.1) is 10.1 Å². The fourth-order valence-electron chi connectivity index (χ4n) is 0. The summed E-state index contributed by atoms with van der Waals surface area (Å²) in [6, 6.07) is 0. The summed E-state index contributed by atoms with van der Waals surface area (Å²) in [4.78, 5) is 11.2. The molecule has 0 amide bonds. The number of hydrogen-bond acceptors (Lipinski definition) is 4. The van der Waals surface area contributed by atoms with E-state index < -0.39 is 5.09 Å². The second kappa shape index (κ2) is 10.6. The molecule has 40 valence electrons. The fourth-order valence-corrected chi connectivity index (χ4v) is 0. The predicted molar refractivity (Wildman–Crippen MR) is 27.8 cm³/mol. The normalized spacial score (nSPS) is 4.71. The van der Waals surface area contributed by atoms with E-state index >= 15 is 0 Å². The number of hydrogen-bond donors (Lipinski definition) is 1. The van der Waals surface area contributed by atoms with Gasteiger partial charge in [-0.1, -0.05) is 0 Å². The quantitative estimate of drug-likeness (QED) is 0.257. The van der Waals surface area contributed by atoms with Gasteiger partial charge in [-0.15, -0.1) is 15.1 Å². The average molecular weight is 331 g/mol. The molecule has 7 heteroatoms. The van der Waals surface area contributed by atoms with Crippen molar-refractivity contribution in [2.45, 2.75) is 0 Å². The Labute approximate surface area is 101 Å². The molecular weight excluding hydrogens is 326 g/mol. The number of rotatable bonds is 1. The van der Waals surface area contributed by atoms with Crippen molar-refractivity contribution in [3.05, 3.63) is 10.1 Å². The van der Waals surface area contributed by atoms with Crippen molar-refractivity contribution >= 4 is 77.6 Å². The second-order valence-corrected chi connectivity index (χ2v) is 0.305. The van der Waals surface area contributed by atoms with E-state index in [-0.39, 0.29) is 77.6 Å². The predicted octanol–water partition coefficient (Wildman–Crippen LogP) is -2.16. The van der Waals surface area contributed by atoms with Gasteiger partial charge >= 0.3 is 82.7 Å². The van der Waals surface area contributed by atoms with Crippen molar-refractivity contribution in [3.63, 3.8) is 0 Å². The molecule has 0 aromatic rings. The van der Waals surface area contributed by atoms with Gasteiger partial charge < -0.3 is 0 Å². The Hall–Kier alpha value is 1.68. The van der Waals surface area contributed by atoms with Crippen molar-refractivity contribution in [2.24, 2.45) is 0 Å². The summed E-state index contributed by atoms with van der Waals surface area (Å²) in [6.45, 7) is 0. The summed E-state index contributed by atoms with van der Waals surface area (Å²) in [7, 11) is 0. The molecule has 0 aromatic carbocycles. The summed E-state index contributed by atoms with van der Waals surface area (Å²) in [5.41, 5.74) is 0. The van der Waals surface area contributed by atoms with Crippen molar-refractivity contribution in [3.8, 4) is 0 Å². The standard InChI is InChI=1S/Bi.K.HNO4.4H/c;;2-1(3)5-4;;;;/h;;4H;;;;. The molecule has 0 heterocycles. The molecule has 0 atom stereocenters. The Kier molecular flexibility index (Phi) is 24.1. The summed E-state index contributed by atoms with van der Waals surface area (Å²) in [5, 5.41) is 14.3. The summed E-state index contributed by atoms with van der Waals surface area (Å²) < 4.78 is 0. The third kappa shape index (κ3) is 18.3. The maximum absolute atomic E-state index is 8.70. The first-order chi connectivity index (χ1) is 2.27. The van der Waals surface area contributed by atoms with Crippen molar-refractivity contribution in [1.82, 2.24) is 0 Å². The van der Waals surface area contributed by atoms with Crippen molar-refractivity contribution in [2.75, 3.05) is 0 Å². The van der Waals surface area contributed by atoms with E-state index in [4.69, 9.17) is 15.4 Å². The van der Waals surface area contributed by atoms with Gasteiger partial charge in [0.25, 0.3) is 0 Å². The number of nitrogens with zero attached hydrogens (tertiary/aromatic N) is 1. The fraction of sp³-hybridized carbons (Fsp3) is 0. The third-order valence-electron chi connectivity index (χ3n) is 0.0667. The molecule has 1 N–H and O–H groups in total. The van der Waals surface area contributed by atoms with Crippen LogP contribution in [0.1, 0.15) is 0 Å². The summed E-state index contributed by atoms with van der Waals surface area (Å²) in [6.07, 6.45) is 0. The van der Waals surface area contributed by atoms with Gasteiger partial charge in [0.2, 0.25) is 0 Å². The van der Waals surface area contributed by atoms with Crippen LogP contribution < -0.4 is 0 Å². The van der Waals surface area contributed by atoms with Crippen LogP contribution in [0.25, 0.3) is 0 Å². The molecular formula is H5BiKNO4. The van der Waals surface area contributed by atoms with E-state index in [1.807, 2.05) is 0 Å². The average Bonchev–Trinajstić information content (AvgIpc) is 1.38. The van der Waals surface area contributed by atoms with Crippen LogP contribution in [0.4, 0.5) is 0 Å². The van der Waals surface area contributed by atoms with Gasteiger partial charge in [-0.25, -0.2) is 5.26 Å². The minimum absolute atomic E-state index is 0. The summed E-state index contributed by atoms with van der Waals surface area (Å²) >= 11 is 0. The van der Waals surface area contributed by atoms with Gasteiger partial charge in [0, 0.05) is 0 Å².